The summed E-state index contributed by atoms with van der Waals surface area (Å²) in [4.78, 5) is 0. The van der Waals surface area contributed by atoms with Crippen LogP contribution < -0.4 is 18.9 Å². The summed E-state index contributed by atoms with van der Waals surface area (Å²) in [5.41, 5.74) is 0.858. The summed E-state index contributed by atoms with van der Waals surface area (Å²) in [5.74, 6) is 2.59. The largest absolute Gasteiger partial charge is 0.493 e. The van der Waals surface area contributed by atoms with Crippen molar-refractivity contribution in [2.75, 3.05) is 28.4 Å². The van der Waals surface area contributed by atoms with Gasteiger partial charge >= 0.3 is 0 Å². The van der Waals surface area contributed by atoms with Gasteiger partial charge in [0.25, 0.3) is 0 Å². The fraction of sp³-hybridized carbons (Fsp3) is 0.455. The lowest BCUT2D eigenvalue weighted by atomic mass is 10.1. The number of rotatable bonds is 4. The van der Waals surface area contributed by atoms with Crippen LogP contribution in [-0.4, -0.2) is 28.4 Å². The molecular formula is C11H16O4. The molecule has 0 aliphatic carbocycles. The average Bonchev–Trinajstić information content (AvgIpc) is 2.27. The minimum atomic E-state index is 0.632. The number of ether oxygens (including phenoxy) is 4. The molecule has 0 aromatic heterocycles. The van der Waals surface area contributed by atoms with E-state index < -0.39 is 0 Å². The highest BCUT2D eigenvalue weighted by Crippen LogP contribution is 2.43. The first kappa shape index (κ1) is 11.5. The molecule has 1 aromatic carbocycles. The Morgan fingerprint density at radius 1 is 0.733 bits per heavy atom. The molecule has 0 aliphatic heterocycles. The topological polar surface area (TPSA) is 36.9 Å². The van der Waals surface area contributed by atoms with E-state index in [4.69, 9.17) is 18.9 Å². The normalized spacial score (nSPS) is 9.67. The van der Waals surface area contributed by atoms with E-state index in [-0.39, 0.29) is 0 Å². The van der Waals surface area contributed by atoms with E-state index in [2.05, 4.69) is 0 Å². The van der Waals surface area contributed by atoms with Crippen molar-refractivity contribution < 1.29 is 18.9 Å². The maximum atomic E-state index is 5.25. The smallest absolute Gasteiger partial charge is 0.167 e. The van der Waals surface area contributed by atoms with Gasteiger partial charge in [-0.05, 0) is 6.92 Å². The number of hydrogen-bond acceptors (Lipinski definition) is 4. The van der Waals surface area contributed by atoms with Gasteiger partial charge in [-0.2, -0.15) is 0 Å². The Balaban J connectivity index is 3.41. The van der Waals surface area contributed by atoms with Crippen molar-refractivity contribution >= 4 is 0 Å². The molecule has 1 aromatic rings. The first-order chi connectivity index (χ1) is 7.19. The molecule has 15 heavy (non-hydrogen) atoms. The monoisotopic (exact) mass is 212 g/mol. The third-order valence-corrected chi connectivity index (χ3v) is 2.24. The van der Waals surface area contributed by atoms with Crippen LogP contribution in [0.2, 0.25) is 0 Å². The maximum Gasteiger partial charge on any atom is 0.167 e. The van der Waals surface area contributed by atoms with Crippen molar-refractivity contribution in [1.82, 2.24) is 0 Å². The van der Waals surface area contributed by atoms with Gasteiger partial charge in [0.15, 0.2) is 23.0 Å². The second kappa shape index (κ2) is 4.77. The van der Waals surface area contributed by atoms with Crippen molar-refractivity contribution in [1.29, 1.82) is 0 Å². The molecule has 0 saturated heterocycles. The summed E-state index contributed by atoms with van der Waals surface area (Å²) >= 11 is 0. The predicted octanol–water partition coefficient (Wildman–Crippen LogP) is 2.03. The molecular weight excluding hydrogens is 196 g/mol. The van der Waals surface area contributed by atoms with E-state index in [0.717, 1.165) is 5.56 Å². The summed E-state index contributed by atoms with van der Waals surface area (Å²) in [7, 11) is 6.36. The lowest BCUT2D eigenvalue weighted by Gasteiger charge is -2.16. The van der Waals surface area contributed by atoms with Crippen LogP contribution in [0.4, 0.5) is 0 Å². The third kappa shape index (κ3) is 1.93. The molecule has 0 amide bonds. The Bertz CT molecular complexity index is 317. The lowest BCUT2D eigenvalue weighted by Crippen LogP contribution is -1.99. The molecule has 0 radical (unpaired) electrons. The minimum absolute atomic E-state index is 0.632. The third-order valence-electron chi connectivity index (χ3n) is 2.24. The highest BCUT2D eigenvalue weighted by Gasteiger charge is 2.17. The Labute approximate surface area is 89.7 Å². The molecule has 0 heterocycles. The summed E-state index contributed by atoms with van der Waals surface area (Å²) in [6.45, 7) is 1.89. The first-order valence-corrected chi connectivity index (χ1v) is 4.53. The Morgan fingerprint density at radius 3 is 1.40 bits per heavy atom. The molecule has 0 fully saturated rings. The van der Waals surface area contributed by atoms with Crippen LogP contribution in [0.3, 0.4) is 0 Å². The fourth-order valence-electron chi connectivity index (χ4n) is 1.53. The number of benzene rings is 1. The summed E-state index contributed by atoms with van der Waals surface area (Å²) in [5, 5.41) is 0. The van der Waals surface area contributed by atoms with Crippen LogP contribution in [-0.2, 0) is 0 Å². The molecule has 1 rings (SSSR count). The second-order valence-corrected chi connectivity index (χ2v) is 2.97. The molecule has 84 valence electrons. The van der Waals surface area contributed by atoms with Gasteiger partial charge < -0.3 is 18.9 Å². The van der Waals surface area contributed by atoms with Crippen LogP contribution in [0.5, 0.6) is 23.0 Å². The van der Waals surface area contributed by atoms with Gasteiger partial charge in [-0.25, -0.2) is 0 Å². The number of methoxy groups -OCH3 is 4. The van der Waals surface area contributed by atoms with E-state index >= 15 is 0 Å². The molecule has 4 heteroatoms. The van der Waals surface area contributed by atoms with E-state index in [1.165, 1.54) is 0 Å². The van der Waals surface area contributed by atoms with Crippen molar-refractivity contribution in [2.45, 2.75) is 6.92 Å². The molecule has 0 atom stereocenters. The zero-order valence-electron chi connectivity index (χ0n) is 9.71. The fourth-order valence-corrected chi connectivity index (χ4v) is 1.53. The first-order valence-electron chi connectivity index (χ1n) is 4.53. The molecule has 0 saturated carbocycles. The zero-order valence-corrected chi connectivity index (χ0v) is 9.71. The van der Waals surface area contributed by atoms with Gasteiger partial charge in [-0.15, -0.1) is 0 Å². The molecule has 0 aliphatic rings. The Hall–Kier alpha value is -1.58. The quantitative estimate of drug-likeness (QED) is 0.765. The SMILES string of the molecule is COc1cc(OC)c(OC)c(C)c1OC. The van der Waals surface area contributed by atoms with E-state index in [1.807, 2.05) is 6.92 Å². The molecule has 4 nitrogen and oxygen atoms in total. The van der Waals surface area contributed by atoms with Gasteiger partial charge in [0.2, 0.25) is 0 Å². The van der Waals surface area contributed by atoms with Crippen LogP contribution in [0.15, 0.2) is 6.07 Å². The Kier molecular flexibility index (Phi) is 3.66. The maximum absolute atomic E-state index is 5.25. The molecule has 0 unspecified atom stereocenters. The van der Waals surface area contributed by atoms with Crippen molar-refractivity contribution in [3.05, 3.63) is 11.6 Å². The van der Waals surface area contributed by atoms with E-state index in [0.29, 0.717) is 23.0 Å². The Morgan fingerprint density at radius 2 is 1.13 bits per heavy atom. The van der Waals surface area contributed by atoms with Gasteiger partial charge in [0.1, 0.15) is 0 Å². The van der Waals surface area contributed by atoms with Gasteiger partial charge in [-0.1, -0.05) is 0 Å². The predicted molar refractivity (Wildman–Crippen MR) is 57.4 cm³/mol. The van der Waals surface area contributed by atoms with Gasteiger partial charge in [0, 0.05) is 11.6 Å². The van der Waals surface area contributed by atoms with Crippen LogP contribution >= 0.6 is 0 Å². The van der Waals surface area contributed by atoms with Crippen molar-refractivity contribution in [3.8, 4) is 23.0 Å². The molecule has 0 bridgehead atoms. The van der Waals surface area contributed by atoms with Crippen LogP contribution in [0, 0.1) is 6.92 Å². The average molecular weight is 212 g/mol. The zero-order chi connectivity index (χ0) is 11.4. The minimum Gasteiger partial charge on any atom is -0.493 e. The summed E-state index contributed by atoms with van der Waals surface area (Å²) < 4.78 is 20.9. The van der Waals surface area contributed by atoms with Crippen molar-refractivity contribution in [3.63, 3.8) is 0 Å². The van der Waals surface area contributed by atoms with Gasteiger partial charge in [0.05, 0.1) is 28.4 Å². The highest BCUT2D eigenvalue weighted by atomic mass is 16.5. The van der Waals surface area contributed by atoms with Crippen LogP contribution in [0.1, 0.15) is 5.56 Å². The molecule has 0 spiro atoms. The van der Waals surface area contributed by atoms with Crippen molar-refractivity contribution in [2.24, 2.45) is 0 Å². The summed E-state index contributed by atoms with van der Waals surface area (Å²) in [6, 6.07) is 1.74. The van der Waals surface area contributed by atoms with E-state index in [1.54, 1.807) is 34.5 Å². The summed E-state index contributed by atoms with van der Waals surface area (Å²) in [6.07, 6.45) is 0. The lowest BCUT2D eigenvalue weighted by molar-refractivity contribution is 0.325. The van der Waals surface area contributed by atoms with E-state index in [9.17, 15) is 0 Å². The highest BCUT2D eigenvalue weighted by molar-refractivity contribution is 5.60. The van der Waals surface area contributed by atoms with Crippen LogP contribution in [0.25, 0.3) is 0 Å². The molecule has 0 N–H and O–H groups in total. The van der Waals surface area contributed by atoms with Gasteiger partial charge in [-0.3, -0.25) is 0 Å². The number of hydrogen-bond donors (Lipinski definition) is 0. The standard InChI is InChI=1S/C11H16O4/c1-7-10(14-4)8(12-2)6-9(13-3)11(7)15-5/h6H,1-5H3. The second-order valence-electron chi connectivity index (χ2n) is 2.97.